The summed E-state index contributed by atoms with van der Waals surface area (Å²) < 4.78 is 10.8. The van der Waals surface area contributed by atoms with Crippen molar-refractivity contribution in [1.29, 1.82) is 0 Å². The summed E-state index contributed by atoms with van der Waals surface area (Å²) in [6, 6.07) is 6.99. The van der Waals surface area contributed by atoms with Gasteiger partial charge in [-0.2, -0.15) is 0 Å². The zero-order valence-corrected chi connectivity index (χ0v) is 16.6. The van der Waals surface area contributed by atoms with Gasteiger partial charge in [0.05, 0.1) is 5.69 Å². The van der Waals surface area contributed by atoms with Crippen LogP contribution in [0.3, 0.4) is 0 Å². The number of carbonyl (C=O) groups is 3. The highest BCUT2D eigenvalue weighted by Crippen LogP contribution is 2.31. The third-order valence-electron chi connectivity index (χ3n) is 3.85. The lowest BCUT2D eigenvalue weighted by Crippen LogP contribution is -2.49. The smallest absolute Gasteiger partial charge is 0.326 e. The molecule has 0 bridgehead atoms. The second kappa shape index (κ2) is 8.41. The highest BCUT2D eigenvalue weighted by atomic mass is 16.5. The minimum Gasteiger partial charge on any atom is -0.482 e. The van der Waals surface area contributed by atoms with Crippen LogP contribution in [-0.2, 0) is 19.1 Å². The van der Waals surface area contributed by atoms with Crippen LogP contribution in [0, 0.1) is 5.92 Å². The minimum absolute atomic E-state index is 0.135. The Balaban J connectivity index is 2.09. The minimum atomic E-state index is -0.900. The zero-order valence-electron chi connectivity index (χ0n) is 16.6. The average molecular weight is 376 g/mol. The molecule has 148 valence electrons. The third-order valence-corrected chi connectivity index (χ3v) is 3.85. The number of hydrogen-bond donors (Lipinski definition) is 1. The molecule has 2 rings (SSSR count). The molecule has 27 heavy (non-hydrogen) atoms. The summed E-state index contributed by atoms with van der Waals surface area (Å²) in [5, 5.41) is 2.84. The van der Waals surface area contributed by atoms with Crippen LogP contribution in [0.1, 0.15) is 41.0 Å². The van der Waals surface area contributed by atoms with Crippen LogP contribution in [0.15, 0.2) is 24.3 Å². The molecule has 1 aromatic rings. The fourth-order valence-electron chi connectivity index (χ4n) is 2.74. The summed E-state index contributed by atoms with van der Waals surface area (Å²) in [5.41, 5.74) is 0.0860. The number of rotatable bonds is 6. The van der Waals surface area contributed by atoms with Gasteiger partial charge in [0.2, 0.25) is 0 Å². The van der Waals surface area contributed by atoms with Crippen LogP contribution in [0.25, 0.3) is 0 Å². The number of nitrogens with zero attached hydrogens (tertiary/aromatic N) is 1. The van der Waals surface area contributed by atoms with Gasteiger partial charge >= 0.3 is 5.97 Å². The standard InChI is InChI=1S/C20H28N2O5/c1-13(2)10-16(19(25)21-20(3,4)5)27-18(24)11-22-14-8-6-7-9-15(14)26-12-17(22)23/h6-9,13,16H,10-12H2,1-5H3,(H,21,25). The first-order chi connectivity index (χ1) is 12.6. The Morgan fingerprint density at radius 2 is 1.93 bits per heavy atom. The number of esters is 1. The molecule has 1 N–H and O–H groups in total. The van der Waals surface area contributed by atoms with Gasteiger partial charge in [0.25, 0.3) is 11.8 Å². The number of benzene rings is 1. The Morgan fingerprint density at radius 1 is 1.26 bits per heavy atom. The molecule has 1 aromatic carbocycles. The lowest BCUT2D eigenvalue weighted by molar-refractivity contribution is -0.156. The Morgan fingerprint density at radius 3 is 2.56 bits per heavy atom. The molecule has 0 spiro atoms. The maximum absolute atomic E-state index is 12.5. The molecular weight excluding hydrogens is 348 g/mol. The zero-order chi connectivity index (χ0) is 20.2. The Labute approximate surface area is 160 Å². The van der Waals surface area contributed by atoms with Crippen molar-refractivity contribution in [2.75, 3.05) is 18.1 Å². The molecule has 7 heteroatoms. The molecule has 0 fully saturated rings. The van der Waals surface area contributed by atoms with E-state index in [1.807, 2.05) is 34.6 Å². The van der Waals surface area contributed by atoms with Gasteiger partial charge in [0.15, 0.2) is 12.7 Å². The van der Waals surface area contributed by atoms with Crippen molar-refractivity contribution < 1.29 is 23.9 Å². The van der Waals surface area contributed by atoms with Crippen molar-refractivity contribution in [2.45, 2.75) is 52.7 Å². The van der Waals surface area contributed by atoms with Gasteiger partial charge < -0.3 is 14.8 Å². The summed E-state index contributed by atoms with van der Waals surface area (Å²) in [6.45, 7) is 9.09. The normalized spacial score (nSPS) is 15.0. The molecular formula is C20H28N2O5. The van der Waals surface area contributed by atoms with Crippen LogP contribution in [-0.4, -0.2) is 42.6 Å². The lowest BCUT2D eigenvalue weighted by atomic mass is 10.0. The highest BCUT2D eigenvalue weighted by molar-refractivity contribution is 6.01. The monoisotopic (exact) mass is 376 g/mol. The van der Waals surface area contributed by atoms with Gasteiger partial charge in [0.1, 0.15) is 12.3 Å². The van der Waals surface area contributed by atoms with Gasteiger partial charge in [-0.05, 0) is 45.2 Å². The number of hydrogen-bond acceptors (Lipinski definition) is 5. The van der Waals surface area contributed by atoms with E-state index < -0.39 is 17.6 Å². The van der Waals surface area contributed by atoms with Crippen LogP contribution in [0.4, 0.5) is 5.69 Å². The SMILES string of the molecule is CC(C)CC(OC(=O)CN1C(=O)COc2ccccc21)C(=O)NC(C)(C)C. The summed E-state index contributed by atoms with van der Waals surface area (Å²) in [5.74, 6) is -0.591. The van der Waals surface area contributed by atoms with E-state index in [0.717, 1.165) is 0 Å². The maximum Gasteiger partial charge on any atom is 0.326 e. The summed E-state index contributed by atoms with van der Waals surface area (Å²) in [7, 11) is 0. The molecule has 1 aliphatic heterocycles. The predicted molar refractivity (Wildman–Crippen MR) is 102 cm³/mol. The van der Waals surface area contributed by atoms with Crippen molar-refractivity contribution in [2.24, 2.45) is 5.92 Å². The molecule has 0 saturated heterocycles. The summed E-state index contributed by atoms with van der Waals surface area (Å²) in [4.78, 5) is 38.5. The van der Waals surface area contributed by atoms with Crippen molar-refractivity contribution in [1.82, 2.24) is 5.32 Å². The number of para-hydroxylation sites is 2. The first-order valence-electron chi connectivity index (χ1n) is 9.10. The van der Waals surface area contributed by atoms with Gasteiger partial charge in [-0.15, -0.1) is 0 Å². The molecule has 2 amide bonds. The molecule has 7 nitrogen and oxygen atoms in total. The van der Waals surface area contributed by atoms with E-state index in [0.29, 0.717) is 17.9 Å². The second-order valence-electron chi connectivity index (χ2n) is 8.08. The number of fused-ring (bicyclic) bond motifs is 1. The van der Waals surface area contributed by atoms with E-state index in [2.05, 4.69) is 5.32 Å². The number of ether oxygens (including phenoxy) is 2. The Bertz CT molecular complexity index is 709. The van der Waals surface area contributed by atoms with E-state index in [1.54, 1.807) is 24.3 Å². The maximum atomic E-state index is 12.5. The van der Waals surface area contributed by atoms with Crippen LogP contribution >= 0.6 is 0 Å². The van der Waals surface area contributed by atoms with Crippen LogP contribution in [0.2, 0.25) is 0 Å². The molecule has 0 aromatic heterocycles. The second-order valence-corrected chi connectivity index (χ2v) is 8.08. The fourth-order valence-corrected chi connectivity index (χ4v) is 2.74. The fraction of sp³-hybridized carbons (Fsp3) is 0.550. The number of anilines is 1. The van der Waals surface area contributed by atoms with Crippen molar-refractivity contribution in [3.05, 3.63) is 24.3 Å². The topological polar surface area (TPSA) is 84.9 Å². The van der Waals surface area contributed by atoms with E-state index >= 15 is 0 Å². The van der Waals surface area contributed by atoms with E-state index in [9.17, 15) is 14.4 Å². The van der Waals surface area contributed by atoms with Crippen molar-refractivity contribution in [3.8, 4) is 5.75 Å². The van der Waals surface area contributed by atoms with Crippen LogP contribution < -0.4 is 15.0 Å². The molecule has 0 aliphatic carbocycles. The van der Waals surface area contributed by atoms with E-state index in [1.165, 1.54) is 4.90 Å². The average Bonchev–Trinajstić information content (AvgIpc) is 2.55. The number of nitrogens with one attached hydrogen (secondary N) is 1. The number of amides is 2. The van der Waals surface area contributed by atoms with Crippen molar-refractivity contribution >= 4 is 23.5 Å². The first kappa shape index (κ1) is 20.7. The molecule has 0 saturated carbocycles. The molecule has 1 atom stereocenters. The van der Waals surface area contributed by atoms with Gasteiger partial charge in [-0.3, -0.25) is 19.3 Å². The lowest BCUT2D eigenvalue weighted by Gasteiger charge is -2.29. The predicted octanol–water partition coefficient (Wildman–Crippen LogP) is 2.28. The molecule has 0 radical (unpaired) electrons. The van der Waals surface area contributed by atoms with Gasteiger partial charge in [0, 0.05) is 5.54 Å². The van der Waals surface area contributed by atoms with Gasteiger partial charge in [-0.1, -0.05) is 26.0 Å². The highest BCUT2D eigenvalue weighted by Gasteiger charge is 2.31. The summed E-state index contributed by atoms with van der Waals surface area (Å²) >= 11 is 0. The third kappa shape index (κ3) is 5.98. The Kier molecular flexibility index (Phi) is 6.46. The van der Waals surface area contributed by atoms with E-state index in [4.69, 9.17) is 9.47 Å². The molecule has 1 aliphatic rings. The van der Waals surface area contributed by atoms with E-state index in [-0.39, 0.29) is 30.9 Å². The van der Waals surface area contributed by atoms with Crippen molar-refractivity contribution in [3.63, 3.8) is 0 Å². The first-order valence-corrected chi connectivity index (χ1v) is 9.10. The number of carbonyl (C=O) groups excluding carboxylic acids is 3. The Hall–Kier alpha value is -2.57. The quantitative estimate of drug-likeness (QED) is 0.770. The summed E-state index contributed by atoms with van der Waals surface area (Å²) in [6.07, 6.45) is -0.496. The van der Waals surface area contributed by atoms with Gasteiger partial charge in [-0.25, -0.2) is 0 Å². The van der Waals surface area contributed by atoms with Crippen LogP contribution in [0.5, 0.6) is 5.75 Å². The largest absolute Gasteiger partial charge is 0.482 e. The molecule has 1 heterocycles. The molecule has 1 unspecified atom stereocenters.